The summed E-state index contributed by atoms with van der Waals surface area (Å²) < 4.78 is 17.1. The van der Waals surface area contributed by atoms with Crippen molar-refractivity contribution in [1.82, 2.24) is 4.98 Å². The zero-order valence-electron chi connectivity index (χ0n) is 18.2. The summed E-state index contributed by atoms with van der Waals surface area (Å²) in [5.74, 6) is 1.15. The molecule has 0 aliphatic carbocycles. The fraction of sp³-hybridized carbons (Fsp3) is 0.208. The lowest BCUT2D eigenvalue weighted by Gasteiger charge is -2.13. The van der Waals surface area contributed by atoms with E-state index < -0.39 is 5.91 Å². The number of primary amides is 1. The predicted molar refractivity (Wildman–Crippen MR) is 128 cm³/mol. The Labute approximate surface area is 196 Å². The molecule has 0 aliphatic heterocycles. The van der Waals surface area contributed by atoms with Crippen LogP contribution in [0.25, 0.3) is 6.08 Å². The number of aromatic nitrogens is 1. The van der Waals surface area contributed by atoms with Gasteiger partial charge in [0.1, 0.15) is 19.0 Å². The Kier molecular flexibility index (Phi) is 8.84. The molecule has 0 unspecified atom stereocenters. The number of hydrogen-bond donors (Lipinski definition) is 2. The summed E-state index contributed by atoms with van der Waals surface area (Å²) in [5.41, 5.74) is 6.45. The van der Waals surface area contributed by atoms with Crippen molar-refractivity contribution in [3.05, 3.63) is 71.2 Å². The van der Waals surface area contributed by atoms with Gasteiger partial charge in [-0.25, -0.2) is 4.98 Å². The van der Waals surface area contributed by atoms with Crippen LogP contribution in [0.4, 0.5) is 5.13 Å². The van der Waals surface area contributed by atoms with E-state index in [1.54, 1.807) is 23.6 Å². The number of nitrogens with two attached hydrogens (primary N) is 1. The Morgan fingerprint density at radius 3 is 2.61 bits per heavy atom. The van der Waals surface area contributed by atoms with Crippen molar-refractivity contribution >= 4 is 34.4 Å². The number of para-hydroxylation sites is 1. The first kappa shape index (κ1) is 23.8. The third kappa shape index (κ3) is 7.97. The number of ether oxygens (including phenoxy) is 3. The Balaban J connectivity index is 1.54. The van der Waals surface area contributed by atoms with Crippen molar-refractivity contribution in [2.75, 3.05) is 25.1 Å². The Bertz CT molecular complexity index is 1100. The van der Waals surface area contributed by atoms with Crippen molar-refractivity contribution in [3.8, 4) is 17.2 Å². The number of anilines is 1. The number of nitrogens with one attached hydrogen (secondary N) is 1. The van der Waals surface area contributed by atoms with Gasteiger partial charge < -0.3 is 19.9 Å². The Hall–Kier alpha value is -3.85. The third-order valence-electron chi connectivity index (χ3n) is 4.18. The first-order chi connectivity index (χ1) is 16.0. The van der Waals surface area contributed by atoms with E-state index in [-0.39, 0.29) is 12.3 Å². The minimum Gasteiger partial charge on any atom is -0.490 e. The monoisotopic (exact) mass is 467 g/mol. The topological polar surface area (TPSA) is 113 Å². The molecule has 2 amide bonds. The average molecular weight is 468 g/mol. The van der Waals surface area contributed by atoms with Crippen LogP contribution in [0.1, 0.15) is 18.2 Å². The zero-order chi connectivity index (χ0) is 23.5. The van der Waals surface area contributed by atoms with Gasteiger partial charge in [0, 0.05) is 11.5 Å². The van der Waals surface area contributed by atoms with Gasteiger partial charge in [0.15, 0.2) is 16.6 Å². The molecule has 0 aliphatic rings. The van der Waals surface area contributed by atoms with E-state index in [1.165, 1.54) is 17.4 Å². The average Bonchev–Trinajstić information content (AvgIpc) is 3.23. The largest absolute Gasteiger partial charge is 0.490 e. The fourth-order valence-corrected chi connectivity index (χ4v) is 3.50. The standard InChI is InChI=1S/C24H25N3O5S/c1-2-30-21-14-17(8-10-20(21)32-13-12-31-19-6-4-3-5-7-19)9-11-23(29)27-24-26-18(16-33-24)15-22(25)28/h3-11,14,16H,2,12-13,15H2,1H3,(H2,25,28)(H,26,27,29)/b11-9+. The molecule has 1 aromatic heterocycles. The van der Waals surface area contributed by atoms with E-state index in [1.807, 2.05) is 43.3 Å². The second kappa shape index (κ2) is 12.3. The number of thiazole rings is 1. The molecule has 0 bridgehead atoms. The van der Waals surface area contributed by atoms with Crippen LogP contribution in [-0.4, -0.2) is 36.6 Å². The molecule has 1 heterocycles. The van der Waals surface area contributed by atoms with Crippen LogP contribution in [0.5, 0.6) is 17.2 Å². The van der Waals surface area contributed by atoms with Gasteiger partial charge in [-0.1, -0.05) is 24.3 Å². The van der Waals surface area contributed by atoms with Crippen molar-refractivity contribution in [3.63, 3.8) is 0 Å². The highest BCUT2D eigenvalue weighted by atomic mass is 32.1. The lowest BCUT2D eigenvalue weighted by atomic mass is 10.2. The lowest BCUT2D eigenvalue weighted by Crippen LogP contribution is -2.14. The van der Waals surface area contributed by atoms with Crippen molar-refractivity contribution in [2.24, 2.45) is 5.73 Å². The van der Waals surface area contributed by atoms with Crippen LogP contribution in [0, 0.1) is 0 Å². The molecule has 33 heavy (non-hydrogen) atoms. The summed E-state index contributed by atoms with van der Waals surface area (Å²) >= 11 is 1.23. The molecule has 0 saturated heterocycles. The minimum atomic E-state index is -0.473. The maximum atomic E-state index is 12.2. The molecule has 0 spiro atoms. The number of nitrogens with zero attached hydrogens (tertiary/aromatic N) is 1. The van der Waals surface area contributed by atoms with Gasteiger partial charge >= 0.3 is 0 Å². The van der Waals surface area contributed by atoms with E-state index in [2.05, 4.69) is 10.3 Å². The second-order valence-corrected chi connectivity index (χ2v) is 7.62. The summed E-state index contributed by atoms with van der Waals surface area (Å²) in [6, 6.07) is 14.9. The van der Waals surface area contributed by atoms with Gasteiger partial charge in [-0.15, -0.1) is 11.3 Å². The first-order valence-electron chi connectivity index (χ1n) is 10.3. The molecular weight excluding hydrogens is 442 g/mol. The van der Waals surface area contributed by atoms with Gasteiger partial charge in [0.25, 0.3) is 0 Å². The smallest absolute Gasteiger partial charge is 0.250 e. The van der Waals surface area contributed by atoms with Crippen molar-refractivity contribution in [2.45, 2.75) is 13.3 Å². The van der Waals surface area contributed by atoms with E-state index in [0.717, 1.165) is 11.3 Å². The molecule has 0 saturated carbocycles. The van der Waals surface area contributed by atoms with E-state index in [4.69, 9.17) is 19.9 Å². The normalized spacial score (nSPS) is 10.7. The van der Waals surface area contributed by atoms with Gasteiger partial charge in [-0.3, -0.25) is 14.9 Å². The highest BCUT2D eigenvalue weighted by Crippen LogP contribution is 2.29. The minimum absolute atomic E-state index is 0.0369. The van der Waals surface area contributed by atoms with Crippen LogP contribution in [-0.2, 0) is 16.0 Å². The van der Waals surface area contributed by atoms with Gasteiger partial charge in [-0.05, 0) is 42.8 Å². The number of hydrogen-bond acceptors (Lipinski definition) is 7. The summed E-state index contributed by atoms with van der Waals surface area (Å²) in [7, 11) is 0. The second-order valence-electron chi connectivity index (χ2n) is 6.76. The zero-order valence-corrected chi connectivity index (χ0v) is 19.0. The number of amides is 2. The first-order valence-corrected chi connectivity index (χ1v) is 11.2. The van der Waals surface area contributed by atoms with Gasteiger partial charge in [-0.2, -0.15) is 0 Å². The van der Waals surface area contributed by atoms with Crippen molar-refractivity contribution in [1.29, 1.82) is 0 Å². The van der Waals surface area contributed by atoms with Gasteiger partial charge in [0.05, 0.1) is 18.7 Å². The summed E-state index contributed by atoms with van der Waals surface area (Å²) in [6.07, 6.45) is 3.10. The summed E-state index contributed by atoms with van der Waals surface area (Å²) in [5, 5.41) is 4.75. The number of rotatable bonds is 12. The highest BCUT2D eigenvalue weighted by molar-refractivity contribution is 7.14. The van der Waals surface area contributed by atoms with Crippen LogP contribution < -0.4 is 25.3 Å². The molecule has 9 heteroatoms. The summed E-state index contributed by atoms with van der Waals surface area (Å²) in [6.45, 7) is 3.12. The predicted octanol–water partition coefficient (Wildman–Crippen LogP) is 3.68. The molecule has 3 rings (SSSR count). The Morgan fingerprint density at radius 2 is 1.85 bits per heavy atom. The lowest BCUT2D eigenvalue weighted by molar-refractivity contribution is -0.117. The fourth-order valence-electron chi connectivity index (χ4n) is 2.79. The molecule has 2 aromatic carbocycles. The van der Waals surface area contributed by atoms with Crippen molar-refractivity contribution < 1.29 is 23.8 Å². The molecule has 0 fully saturated rings. The van der Waals surface area contributed by atoms with Crippen LogP contribution in [0.15, 0.2) is 60.0 Å². The number of carbonyl (C=O) groups excluding carboxylic acids is 2. The SMILES string of the molecule is CCOc1cc(/C=C/C(=O)Nc2nc(CC(N)=O)cs2)ccc1OCCOc1ccccc1. The maximum absolute atomic E-state index is 12.2. The molecule has 172 valence electrons. The molecule has 3 N–H and O–H groups in total. The molecule has 0 radical (unpaired) electrons. The van der Waals surface area contributed by atoms with E-state index >= 15 is 0 Å². The molecular formula is C24H25N3O5S. The van der Waals surface area contributed by atoms with E-state index in [0.29, 0.717) is 42.1 Å². The highest BCUT2D eigenvalue weighted by Gasteiger charge is 2.08. The molecule has 3 aromatic rings. The molecule has 8 nitrogen and oxygen atoms in total. The Morgan fingerprint density at radius 1 is 1.06 bits per heavy atom. The van der Waals surface area contributed by atoms with Gasteiger partial charge in [0.2, 0.25) is 11.8 Å². The number of carbonyl (C=O) groups is 2. The number of benzene rings is 2. The third-order valence-corrected chi connectivity index (χ3v) is 4.99. The summed E-state index contributed by atoms with van der Waals surface area (Å²) in [4.78, 5) is 27.3. The van der Waals surface area contributed by atoms with Crippen LogP contribution in [0.2, 0.25) is 0 Å². The van der Waals surface area contributed by atoms with Crippen LogP contribution >= 0.6 is 11.3 Å². The van der Waals surface area contributed by atoms with E-state index in [9.17, 15) is 9.59 Å². The molecule has 0 atom stereocenters. The maximum Gasteiger partial charge on any atom is 0.250 e. The quantitative estimate of drug-likeness (QED) is 0.310. The van der Waals surface area contributed by atoms with Crippen LogP contribution in [0.3, 0.4) is 0 Å².